The molecule has 196 valence electrons. The number of carbonyl (C=O) groups is 1. The highest BCUT2D eigenvalue weighted by atomic mass is 19.1. The second-order valence-electron chi connectivity index (χ2n) is 10.1. The van der Waals surface area contributed by atoms with Crippen molar-refractivity contribution in [2.24, 2.45) is 5.41 Å². The summed E-state index contributed by atoms with van der Waals surface area (Å²) >= 11 is 0. The van der Waals surface area contributed by atoms with Crippen LogP contribution in [-0.2, 0) is 11.4 Å². The molecule has 2 atom stereocenters. The third kappa shape index (κ3) is 5.74. The van der Waals surface area contributed by atoms with E-state index in [2.05, 4.69) is 18.8 Å². The Hall–Kier alpha value is -3.52. The maximum absolute atomic E-state index is 15.0. The van der Waals surface area contributed by atoms with Gasteiger partial charge in [0.2, 0.25) is 5.88 Å². The molecule has 37 heavy (non-hydrogen) atoms. The normalized spacial score (nSPS) is 17.4. The minimum absolute atomic E-state index is 0.0164. The first-order valence-corrected chi connectivity index (χ1v) is 12.2. The smallest absolute Gasteiger partial charge is 0.306 e. The standard InChI is InChI=1S/C29H31F2NO5/c1-29(2)11-5-7-22(29)20-12-17(9-10-18(20)21-13-26(36-3)32-15-23(21)30)16-37-25-8-4-6-19(28(25)31)24(33)14-27(34)35/h4,6,8-10,12-13,15,22,24,33H,5,7,11,14,16H2,1-3H3,(H,34,35)/t22-,24-/m1/s1. The van der Waals surface area contributed by atoms with E-state index in [-0.39, 0.29) is 29.3 Å². The third-order valence-electron chi connectivity index (χ3n) is 7.19. The number of aliphatic hydroxyl groups excluding tert-OH is 1. The topological polar surface area (TPSA) is 88.9 Å². The van der Waals surface area contributed by atoms with Gasteiger partial charge in [0.05, 0.1) is 25.8 Å². The molecular formula is C29H31F2NO5. The summed E-state index contributed by atoms with van der Waals surface area (Å²) in [5, 5.41) is 19.0. The van der Waals surface area contributed by atoms with Crippen LogP contribution < -0.4 is 9.47 Å². The summed E-state index contributed by atoms with van der Waals surface area (Å²) in [6.07, 6.45) is 2.14. The Morgan fingerprint density at radius 2 is 1.97 bits per heavy atom. The van der Waals surface area contributed by atoms with Crippen LogP contribution in [0, 0.1) is 17.0 Å². The predicted molar refractivity (Wildman–Crippen MR) is 135 cm³/mol. The Balaban J connectivity index is 1.67. The summed E-state index contributed by atoms with van der Waals surface area (Å²) in [7, 11) is 1.49. The first-order valence-electron chi connectivity index (χ1n) is 12.2. The average molecular weight is 512 g/mol. The van der Waals surface area contributed by atoms with Crippen LogP contribution in [0.25, 0.3) is 11.1 Å². The number of nitrogens with zero attached hydrogens (tertiary/aromatic N) is 1. The lowest BCUT2D eigenvalue weighted by atomic mass is 9.75. The SMILES string of the molecule is COc1cc(-c2ccc(COc3cccc([C@H](O)CC(=O)O)c3F)cc2[C@H]2CCCC2(C)C)c(F)cn1. The van der Waals surface area contributed by atoms with Crippen molar-refractivity contribution in [2.45, 2.75) is 58.2 Å². The van der Waals surface area contributed by atoms with Crippen LogP contribution >= 0.6 is 0 Å². The van der Waals surface area contributed by atoms with Crippen LogP contribution in [0.4, 0.5) is 8.78 Å². The van der Waals surface area contributed by atoms with Gasteiger partial charge < -0.3 is 19.7 Å². The highest BCUT2D eigenvalue weighted by molar-refractivity contribution is 5.70. The van der Waals surface area contributed by atoms with Crippen molar-refractivity contribution in [3.8, 4) is 22.8 Å². The van der Waals surface area contributed by atoms with Gasteiger partial charge in [-0.15, -0.1) is 0 Å². The van der Waals surface area contributed by atoms with E-state index in [4.69, 9.17) is 14.6 Å². The molecule has 1 aliphatic rings. The monoisotopic (exact) mass is 511 g/mol. The molecule has 0 spiro atoms. The van der Waals surface area contributed by atoms with Crippen LogP contribution in [0.2, 0.25) is 0 Å². The number of pyridine rings is 1. The molecule has 0 bridgehead atoms. The van der Waals surface area contributed by atoms with E-state index in [1.54, 1.807) is 6.07 Å². The lowest BCUT2D eigenvalue weighted by molar-refractivity contribution is -0.139. The zero-order valence-corrected chi connectivity index (χ0v) is 21.1. The van der Waals surface area contributed by atoms with Gasteiger partial charge in [0.1, 0.15) is 12.4 Å². The second kappa shape index (κ2) is 10.8. The molecule has 2 aromatic carbocycles. The van der Waals surface area contributed by atoms with E-state index in [1.165, 1.54) is 25.3 Å². The largest absolute Gasteiger partial charge is 0.486 e. The van der Waals surface area contributed by atoms with Crippen LogP contribution in [0.15, 0.2) is 48.7 Å². The van der Waals surface area contributed by atoms with Gasteiger partial charge in [-0.1, -0.05) is 50.6 Å². The number of methoxy groups -OCH3 is 1. The van der Waals surface area contributed by atoms with E-state index >= 15 is 0 Å². The van der Waals surface area contributed by atoms with Gasteiger partial charge in [-0.2, -0.15) is 0 Å². The Labute approximate surface area is 214 Å². The molecule has 1 fully saturated rings. The summed E-state index contributed by atoms with van der Waals surface area (Å²) in [5.41, 5.74) is 2.81. The zero-order valence-electron chi connectivity index (χ0n) is 21.1. The van der Waals surface area contributed by atoms with E-state index in [9.17, 15) is 18.7 Å². The van der Waals surface area contributed by atoms with Crippen LogP contribution in [-0.4, -0.2) is 28.3 Å². The van der Waals surface area contributed by atoms with E-state index in [0.717, 1.165) is 42.1 Å². The van der Waals surface area contributed by atoms with Crippen molar-refractivity contribution in [2.75, 3.05) is 7.11 Å². The molecule has 4 rings (SSSR count). The van der Waals surface area contributed by atoms with Crippen molar-refractivity contribution >= 4 is 5.97 Å². The molecule has 3 aromatic rings. The first-order chi connectivity index (χ1) is 17.6. The zero-order chi connectivity index (χ0) is 26.7. The minimum Gasteiger partial charge on any atom is -0.486 e. The lowest BCUT2D eigenvalue weighted by Crippen LogP contribution is -2.17. The summed E-state index contributed by atoms with van der Waals surface area (Å²) in [6.45, 7) is 4.47. The number of carboxylic acids is 1. The van der Waals surface area contributed by atoms with E-state index in [1.807, 2.05) is 18.2 Å². The quantitative estimate of drug-likeness (QED) is 0.345. The van der Waals surface area contributed by atoms with Crippen LogP contribution in [0.3, 0.4) is 0 Å². The number of aliphatic carboxylic acids is 1. The van der Waals surface area contributed by atoms with Crippen molar-refractivity contribution < 1.29 is 33.3 Å². The minimum atomic E-state index is -1.48. The molecule has 0 aliphatic heterocycles. The third-order valence-corrected chi connectivity index (χ3v) is 7.19. The van der Waals surface area contributed by atoms with Gasteiger partial charge in [0, 0.05) is 17.2 Å². The van der Waals surface area contributed by atoms with Crippen molar-refractivity contribution in [1.29, 1.82) is 0 Å². The Morgan fingerprint density at radius 3 is 2.65 bits per heavy atom. The average Bonchev–Trinajstić information content (AvgIpc) is 3.22. The molecule has 2 N–H and O–H groups in total. The first kappa shape index (κ1) is 26.5. The number of hydrogen-bond acceptors (Lipinski definition) is 5. The number of hydrogen-bond donors (Lipinski definition) is 2. The molecule has 1 aromatic heterocycles. The van der Waals surface area contributed by atoms with Gasteiger partial charge in [0.15, 0.2) is 11.6 Å². The van der Waals surface area contributed by atoms with Gasteiger partial charge in [0.25, 0.3) is 0 Å². The fraction of sp³-hybridized carbons (Fsp3) is 0.379. The van der Waals surface area contributed by atoms with Gasteiger partial charge >= 0.3 is 5.97 Å². The van der Waals surface area contributed by atoms with Crippen molar-refractivity contribution in [3.63, 3.8) is 0 Å². The van der Waals surface area contributed by atoms with Crippen molar-refractivity contribution in [1.82, 2.24) is 4.98 Å². The molecular weight excluding hydrogens is 480 g/mol. The Morgan fingerprint density at radius 1 is 1.19 bits per heavy atom. The molecule has 0 unspecified atom stereocenters. The fourth-order valence-electron chi connectivity index (χ4n) is 5.21. The van der Waals surface area contributed by atoms with Crippen molar-refractivity contribution in [3.05, 3.63) is 77.0 Å². The lowest BCUT2D eigenvalue weighted by Gasteiger charge is -2.30. The number of halogens is 2. The summed E-state index contributed by atoms with van der Waals surface area (Å²) in [4.78, 5) is 14.9. The number of carboxylic acid groups (broad SMARTS) is 1. The molecule has 1 aliphatic carbocycles. The number of benzene rings is 2. The summed E-state index contributed by atoms with van der Waals surface area (Å²) in [5.74, 6) is -2.05. The van der Waals surface area contributed by atoms with Gasteiger partial charge in [-0.25, -0.2) is 13.8 Å². The summed E-state index contributed by atoms with van der Waals surface area (Å²) < 4.78 is 40.9. The van der Waals surface area contributed by atoms with Gasteiger partial charge in [-0.3, -0.25) is 4.79 Å². The highest BCUT2D eigenvalue weighted by Crippen LogP contribution is 2.51. The van der Waals surface area contributed by atoms with Crippen LogP contribution in [0.1, 0.15) is 68.2 Å². The molecule has 8 heteroatoms. The van der Waals surface area contributed by atoms with Gasteiger partial charge in [-0.05, 0) is 46.9 Å². The molecule has 6 nitrogen and oxygen atoms in total. The number of ether oxygens (including phenoxy) is 2. The van der Waals surface area contributed by atoms with Crippen LogP contribution in [0.5, 0.6) is 11.6 Å². The molecule has 0 amide bonds. The maximum Gasteiger partial charge on any atom is 0.306 e. The van der Waals surface area contributed by atoms with E-state index < -0.39 is 30.1 Å². The Bertz CT molecular complexity index is 1290. The predicted octanol–water partition coefficient (Wildman–Crippen LogP) is 6.42. The summed E-state index contributed by atoms with van der Waals surface area (Å²) in [6, 6.07) is 11.5. The Kier molecular flexibility index (Phi) is 7.78. The number of rotatable bonds is 9. The molecule has 1 heterocycles. The number of aliphatic hydroxyl groups is 1. The number of aromatic nitrogens is 1. The molecule has 1 saturated carbocycles. The maximum atomic E-state index is 15.0. The second-order valence-corrected chi connectivity index (χ2v) is 10.1. The molecule has 0 saturated heterocycles. The highest BCUT2D eigenvalue weighted by Gasteiger charge is 2.37. The molecule has 0 radical (unpaired) electrons. The van der Waals surface area contributed by atoms with E-state index in [0.29, 0.717) is 11.4 Å². The fourth-order valence-corrected chi connectivity index (χ4v) is 5.21.